The molecule has 0 saturated heterocycles. The number of anilines is 1. The van der Waals surface area contributed by atoms with Crippen LogP contribution in [0.2, 0.25) is 0 Å². The molecular formula is C20H23ClN4O5S2. The number of benzene rings is 2. The van der Waals surface area contributed by atoms with Crippen LogP contribution >= 0.6 is 23.7 Å². The third-order valence-electron chi connectivity index (χ3n) is 4.65. The maximum atomic E-state index is 13.5. The lowest BCUT2D eigenvalue weighted by Gasteiger charge is -2.23. The van der Waals surface area contributed by atoms with Crippen LogP contribution in [0.4, 0.5) is 10.8 Å². The number of carbonyl (C=O) groups excluding carboxylic acids is 1. The number of nitrogens with zero attached hydrogens (tertiary/aromatic N) is 4. The van der Waals surface area contributed by atoms with Crippen LogP contribution in [0, 0.1) is 10.1 Å². The lowest BCUT2D eigenvalue weighted by molar-refractivity contribution is -0.384. The van der Waals surface area contributed by atoms with Gasteiger partial charge in [-0.05, 0) is 32.3 Å². The Morgan fingerprint density at radius 1 is 1.16 bits per heavy atom. The Balaban J connectivity index is 0.00000363. The van der Waals surface area contributed by atoms with Crippen molar-refractivity contribution in [3.8, 4) is 0 Å². The second-order valence-corrected chi connectivity index (χ2v) is 10.3. The Bertz CT molecular complexity index is 1240. The molecular weight excluding hydrogens is 476 g/mol. The van der Waals surface area contributed by atoms with Gasteiger partial charge in [-0.2, -0.15) is 0 Å². The summed E-state index contributed by atoms with van der Waals surface area (Å²) < 4.78 is 25.6. The van der Waals surface area contributed by atoms with Gasteiger partial charge in [0, 0.05) is 25.2 Å². The van der Waals surface area contributed by atoms with Crippen molar-refractivity contribution in [1.29, 1.82) is 0 Å². The minimum atomic E-state index is -3.61. The first-order valence-electron chi connectivity index (χ1n) is 9.47. The van der Waals surface area contributed by atoms with E-state index in [2.05, 4.69) is 4.98 Å². The van der Waals surface area contributed by atoms with Crippen LogP contribution in [0.15, 0.2) is 47.4 Å². The molecule has 9 nitrogen and oxygen atoms in total. The topological polar surface area (TPSA) is 114 Å². The summed E-state index contributed by atoms with van der Waals surface area (Å²) in [4.78, 5) is 31.9. The van der Waals surface area contributed by atoms with Crippen LogP contribution in [-0.4, -0.2) is 62.1 Å². The fourth-order valence-electron chi connectivity index (χ4n) is 2.93. The summed E-state index contributed by atoms with van der Waals surface area (Å²) in [7, 11) is 0.111. The Labute approximate surface area is 196 Å². The fraction of sp³-hybridized carbons (Fsp3) is 0.300. The number of aromatic nitrogens is 1. The average molecular weight is 499 g/mol. The lowest BCUT2D eigenvalue weighted by atomic mass is 10.2. The van der Waals surface area contributed by atoms with Gasteiger partial charge in [0.15, 0.2) is 15.0 Å². The van der Waals surface area contributed by atoms with E-state index in [1.165, 1.54) is 42.2 Å². The number of sulfone groups is 1. The fourth-order valence-corrected chi connectivity index (χ4v) is 5.04. The molecule has 32 heavy (non-hydrogen) atoms. The molecule has 2 aromatic carbocycles. The van der Waals surface area contributed by atoms with Gasteiger partial charge in [-0.3, -0.25) is 19.8 Å². The third kappa shape index (κ3) is 5.41. The molecule has 1 aromatic heterocycles. The molecule has 12 heteroatoms. The molecule has 3 rings (SSSR count). The number of rotatable bonds is 8. The van der Waals surface area contributed by atoms with Gasteiger partial charge in [-0.25, -0.2) is 13.4 Å². The van der Waals surface area contributed by atoms with E-state index >= 15 is 0 Å². The summed E-state index contributed by atoms with van der Waals surface area (Å²) in [6.45, 7) is 2.32. The number of nitro benzene ring substituents is 1. The van der Waals surface area contributed by atoms with Gasteiger partial charge in [0.2, 0.25) is 0 Å². The predicted octanol–water partition coefficient (Wildman–Crippen LogP) is 3.63. The number of hydrogen-bond donors (Lipinski definition) is 0. The minimum Gasteiger partial charge on any atom is -0.308 e. The second kappa shape index (κ2) is 10.3. The summed E-state index contributed by atoms with van der Waals surface area (Å²) in [5, 5.41) is 11.4. The third-order valence-corrected chi connectivity index (χ3v) is 7.48. The Kier molecular flexibility index (Phi) is 8.29. The van der Waals surface area contributed by atoms with Gasteiger partial charge < -0.3 is 4.90 Å². The highest BCUT2D eigenvalue weighted by Crippen LogP contribution is 2.32. The minimum absolute atomic E-state index is 0. The van der Waals surface area contributed by atoms with E-state index in [1.807, 2.05) is 19.0 Å². The zero-order valence-electron chi connectivity index (χ0n) is 17.7. The Morgan fingerprint density at radius 2 is 1.84 bits per heavy atom. The first-order chi connectivity index (χ1) is 14.6. The van der Waals surface area contributed by atoms with Crippen molar-refractivity contribution in [2.75, 3.05) is 37.8 Å². The molecule has 0 atom stereocenters. The van der Waals surface area contributed by atoms with Crippen molar-refractivity contribution >= 4 is 60.5 Å². The number of fused-ring (bicyclic) bond motifs is 1. The standard InChI is InChI=1S/C20H22N4O5S2.ClH/c1-4-31(28,29)18-8-6-5-7-15(18)19(25)23(12-11-22(2)3)20-21-16-10-9-14(24(26)27)13-17(16)30-20;/h5-10,13H,4,11-12H2,1-3H3;1H. The molecule has 0 unspecified atom stereocenters. The quantitative estimate of drug-likeness (QED) is 0.344. The van der Waals surface area contributed by atoms with Crippen molar-refractivity contribution in [3.05, 3.63) is 58.1 Å². The van der Waals surface area contributed by atoms with Crippen LogP contribution in [0.1, 0.15) is 17.3 Å². The molecule has 0 aliphatic heterocycles. The van der Waals surface area contributed by atoms with Crippen LogP contribution in [0.3, 0.4) is 0 Å². The van der Waals surface area contributed by atoms with E-state index in [1.54, 1.807) is 12.1 Å². The highest BCUT2D eigenvalue weighted by Gasteiger charge is 2.27. The van der Waals surface area contributed by atoms with Gasteiger partial charge in [-0.15, -0.1) is 12.4 Å². The highest BCUT2D eigenvalue weighted by molar-refractivity contribution is 7.91. The zero-order chi connectivity index (χ0) is 22.8. The first-order valence-corrected chi connectivity index (χ1v) is 11.9. The van der Waals surface area contributed by atoms with E-state index in [-0.39, 0.29) is 40.9 Å². The largest absolute Gasteiger partial charge is 0.308 e. The number of halogens is 1. The van der Waals surface area contributed by atoms with Crippen molar-refractivity contribution in [2.45, 2.75) is 11.8 Å². The maximum absolute atomic E-state index is 13.5. The number of amides is 1. The van der Waals surface area contributed by atoms with E-state index in [4.69, 9.17) is 0 Å². The Morgan fingerprint density at radius 3 is 2.47 bits per heavy atom. The van der Waals surface area contributed by atoms with Gasteiger partial charge in [0.25, 0.3) is 11.6 Å². The lowest BCUT2D eigenvalue weighted by Crippen LogP contribution is -2.37. The number of hydrogen-bond acceptors (Lipinski definition) is 8. The molecule has 0 bridgehead atoms. The van der Waals surface area contributed by atoms with Gasteiger partial charge >= 0.3 is 0 Å². The summed E-state index contributed by atoms with van der Waals surface area (Å²) >= 11 is 1.15. The number of likely N-dealkylation sites (N-methyl/N-ethyl adjacent to an activating group) is 1. The number of nitro groups is 1. The molecule has 0 aliphatic rings. The van der Waals surface area contributed by atoms with Crippen molar-refractivity contribution < 1.29 is 18.1 Å². The molecule has 172 valence electrons. The molecule has 0 saturated carbocycles. The number of non-ortho nitro benzene ring substituents is 1. The smallest absolute Gasteiger partial charge is 0.270 e. The molecule has 1 amide bonds. The average Bonchev–Trinajstić information content (AvgIpc) is 3.16. The van der Waals surface area contributed by atoms with Crippen molar-refractivity contribution in [1.82, 2.24) is 9.88 Å². The SMILES string of the molecule is CCS(=O)(=O)c1ccccc1C(=O)N(CCN(C)C)c1nc2ccc([N+](=O)[O-])cc2s1.Cl. The number of carbonyl (C=O) groups is 1. The Hall–Kier alpha value is -2.60. The van der Waals surface area contributed by atoms with Crippen LogP contribution in [-0.2, 0) is 9.84 Å². The first kappa shape index (κ1) is 25.7. The van der Waals surface area contributed by atoms with Crippen LogP contribution in [0.5, 0.6) is 0 Å². The van der Waals surface area contributed by atoms with E-state index in [9.17, 15) is 23.3 Å². The van der Waals surface area contributed by atoms with Crippen LogP contribution in [0.25, 0.3) is 10.2 Å². The van der Waals surface area contributed by atoms with E-state index < -0.39 is 20.7 Å². The summed E-state index contributed by atoms with van der Waals surface area (Å²) in [6, 6.07) is 10.4. The zero-order valence-corrected chi connectivity index (χ0v) is 20.2. The van der Waals surface area contributed by atoms with Gasteiger partial charge in [0.1, 0.15) is 0 Å². The molecule has 1 heterocycles. The van der Waals surface area contributed by atoms with E-state index in [0.717, 1.165) is 11.3 Å². The molecule has 0 spiro atoms. The molecule has 0 fully saturated rings. The van der Waals surface area contributed by atoms with E-state index in [0.29, 0.717) is 21.9 Å². The predicted molar refractivity (Wildman–Crippen MR) is 128 cm³/mol. The summed E-state index contributed by atoms with van der Waals surface area (Å²) in [6.07, 6.45) is 0. The highest BCUT2D eigenvalue weighted by atomic mass is 35.5. The van der Waals surface area contributed by atoms with Gasteiger partial charge in [-0.1, -0.05) is 30.4 Å². The van der Waals surface area contributed by atoms with Gasteiger partial charge in [0.05, 0.1) is 31.4 Å². The summed E-state index contributed by atoms with van der Waals surface area (Å²) in [5.74, 6) is -0.609. The van der Waals surface area contributed by atoms with Crippen molar-refractivity contribution in [2.24, 2.45) is 0 Å². The molecule has 3 aromatic rings. The van der Waals surface area contributed by atoms with Crippen LogP contribution < -0.4 is 4.90 Å². The maximum Gasteiger partial charge on any atom is 0.270 e. The molecule has 0 aliphatic carbocycles. The number of thiazole rings is 1. The van der Waals surface area contributed by atoms with Crippen molar-refractivity contribution in [3.63, 3.8) is 0 Å². The summed E-state index contributed by atoms with van der Waals surface area (Å²) in [5.41, 5.74) is 0.546. The molecule has 0 radical (unpaired) electrons. The normalized spacial score (nSPS) is 11.4. The monoisotopic (exact) mass is 498 g/mol. The molecule has 0 N–H and O–H groups in total. The second-order valence-electron chi connectivity index (χ2n) is 7.07.